The van der Waals surface area contributed by atoms with E-state index in [-0.39, 0.29) is 0 Å². The number of benzene rings is 1. The third-order valence-electron chi connectivity index (χ3n) is 1.66. The fraction of sp³-hybridized carbons (Fsp3) is 0. The van der Waals surface area contributed by atoms with E-state index in [1.807, 2.05) is 24.3 Å². The number of rotatable bonds is 1. The van der Waals surface area contributed by atoms with Crippen molar-refractivity contribution < 1.29 is 0 Å². The zero-order chi connectivity index (χ0) is 8.55. The Kier molecular flexibility index (Phi) is 1.90. The maximum atomic E-state index is 4.30. The van der Waals surface area contributed by atoms with Crippen molar-refractivity contribution in [3.05, 3.63) is 30.3 Å². The van der Waals surface area contributed by atoms with E-state index in [0.29, 0.717) is 0 Å². The van der Waals surface area contributed by atoms with Crippen LogP contribution in [0, 0.1) is 0 Å². The number of hydrogen-bond acceptors (Lipinski definition) is 3. The maximum absolute atomic E-state index is 4.30. The van der Waals surface area contributed by atoms with Gasteiger partial charge in [-0.1, -0.05) is 24.8 Å². The van der Waals surface area contributed by atoms with Crippen molar-refractivity contribution in [2.45, 2.75) is 4.34 Å². The van der Waals surface area contributed by atoms with E-state index in [2.05, 4.69) is 24.2 Å². The molecule has 0 unspecified atom stereocenters. The molecule has 0 radical (unpaired) electrons. The largest absolute Gasteiger partial charge is 0.229 e. The van der Waals surface area contributed by atoms with Crippen molar-refractivity contribution in [1.29, 1.82) is 0 Å². The van der Waals surface area contributed by atoms with Crippen molar-refractivity contribution in [2.75, 3.05) is 0 Å². The summed E-state index contributed by atoms with van der Waals surface area (Å²) < 4.78 is 1.97. The van der Waals surface area contributed by atoms with Gasteiger partial charge in [-0.25, -0.2) is 4.98 Å². The number of para-hydroxylation sites is 1. The average Bonchev–Trinajstić information content (AvgIpc) is 2.44. The standard InChI is InChI=1S/C9H7NS2/c1-2-6-4-3-5-7-8(6)10-9(11)12-7/h2-5H,1H2,(H,10,11). The van der Waals surface area contributed by atoms with Crippen LogP contribution in [0.15, 0.2) is 29.1 Å². The van der Waals surface area contributed by atoms with Gasteiger partial charge in [0.2, 0.25) is 0 Å². The number of hydrogen-bond donors (Lipinski definition) is 1. The van der Waals surface area contributed by atoms with Gasteiger partial charge in [0.25, 0.3) is 0 Å². The summed E-state index contributed by atoms with van der Waals surface area (Å²) in [7, 11) is 0. The summed E-state index contributed by atoms with van der Waals surface area (Å²) in [6, 6.07) is 6.05. The molecule has 2 rings (SSSR count). The van der Waals surface area contributed by atoms with Crippen LogP contribution in [-0.4, -0.2) is 4.98 Å². The lowest BCUT2D eigenvalue weighted by Gasteiger charge is -1.91. The lowest BCUT2D eigenvalue weighted by atomic mass is 10.2. The summed E-state index contributed by atoms with van der Waals surface area (Å²) >= 11 is 5.79. The molecule has 12 heavy (non-hydrogen) atoms. The Morgan fingerprint density at radius 3 is 3.08 bits per heavy atom. The highest BCUT2D eigenvalue weighted by atomic mass is 32.2. The van der Waals surface area contributed by atoms with Gasteiger partial charge in [0, 0.05) is 5.56 Å². The molecular formula is C9H7NS2. The van der Waals surface area contributed by atoms with Crippen LogP contribution in [0.3, 0.4) is 0 Å². The van der Waals surface area contributed by atoms with Gasteiger partial charge in [-0.2, -0.15) is 0 Å². The molecule has 0 atom stereocenters. The molecule has 0 bridgehead atoms. The van der Waals surface area contributed by atoms with Crippen LogP contribution >= 0.6 is 24.0 Å². The zero-order valence-electron chi connectivity index (χ0n) is 6.32. The fourth-order valence-corrected chi connectivity index (χ4v) is 2.26. The molecule has 0 saturated carbocycles. The van der Waals surface area contributed by atoms with E-state index in [0.717, 1.165) is 20.1 Å². The smallest absolute Gasteiger partial charge is 0.148 e. The van der Waals surface area contributed by atoms with Crippen molar-refractivity contribution in [2.24, 2.45) is 0 Å². The minimum atomic E-state index is 0.805. The second-order valence-electron chi connectivity index (χ2n) is 2.39. The van der Waals surface area contributed by atoms with Crippen LogP contribution in [-0.2, 0) is 0 Å². The molecule has 0 aliphatic carbocycles. The average molecular weight is 193 g/mol. The van der Waals surface area contributed by atoms with Gasteiger partial charge >= 0.3 is 0 Å². The molecule has 0 aliphatic heterocycles. The summed E-state index contributed by atoms with van der Waals surface area (Å²) in [5.41, 5.74) is 2.08. The minimum absolute atomic E-state index is 0.805. The van der Waals surface area contributed by atoms with Gasteiger partial charge in [0.05, 0.1) is 10.2 Å². The van der Waals surface area contributed by atoms with E-state index in [1.54, 1.807) is 11.3 Å². The maximum Gasteiger partial charge on any atom is 0.148 e. The van der Waals surface area contributed by atoms with Crippen LogP contribution in [0.4, 0.5) is 0 Å². The molecule has 0 aliphatic rings. The third-order valence-corrected chi connectivity index (χ3v) is 2.86. The first-order chi connectivity index (χ1) is 5.81. The summed E-state index contributed by atoms with van der Waals surface area (Å²) in [4.78, 5) is 4.30. The van der Waals surface area contributed by atoms with Crippen LogP contribution in [0.5, 0.6) is 0 Å². The second-order valence-corrected chi connectivity index (χ2v) is 4.15. The van der Waals surface area contributed by atoms with Crippen molar-refractivity contribution >= 4 is 40.3 Å². The highest BCUT2D eigenvalue weighted by molar-refractivity contribution is 7.82. The van der Waals surface area contributed by atoms with Crippen LogP contribution in [0.2, 0.25) is 0 Å². The topological polar surface area (TPSA) is 12.9 Å². The van der Waals surface area contributed by atoms with E-state index in [4.69, 9.17) is 0 Å². The first-order valence-electron chi connectivity index (χ1n) is 3.52. The fourth-order valence-electron chi connectivity index (χ4n) is 1.12. The Morgan fingerprint density at radius 2 is 2.33 bits per heavy atom. The molecule has 0 amide bonds. The summed E-state index contributed by atoms with van der Waals surface area (Å²) in [5.74, 6) is 0. The zero-order valence-corrected chi connectivity index (χ0v) is 8.03. The summed E-state index contributed by atoms with van der Waals surface area (Å²) in [6.45, 7) is 3.73. The number of nitrogens with zero attached hydrogens (tertiary/aromatic N) is 1. The quantitative estimate of drug-likeness (QED) is 0.686. The molecule has 1 aromatic heterocycles. The molecule has 0 spiro atoms. The minimum Gasteiger partial charge on any atom is -0.229 e. The molecule has 2 aromatic rings. The monoisotopic (exact) mass is 193 g/mol. The van der Waals surface area contributed by atoms with E-state index in [9.17, 15) is 0 Å². The Bertz CT molecular complexity index is 431. The summed E-state index contributed by atoms with van der Waals surface area (Å²) in [6.07, 6.45) is 1.81. The molecule has 0 fully saturated rings. The van der Waals surface area contributed by atoms with Gasteiger partial charge in [0.1, 0.15) is 4.34 Å². The van der Waals surface area contributed by atoms with Gasteiger partial charge < -0.3 is 0 Å². The first-order valence-corrected chi connectivity index (χ1v) is 4.78. The molecule has 3 heteroatoms. The molecule has 1 aromatic carbocycles. The molecular weight excluding hydrogens is 186 g/mol. The third kappa shape index (κ3) is 1.15. The Balaban J connectivity index is 2.86. The second kappa shape index (κ2) is 2.92. The Labute approximate surface area is 80.2 Å². The van der Waals surface area contributed by atoms with E-state index >= 15 is 0 Å². The molecule has 0 N–H and O–H groups in total. The highest BCUT2D eigenvalue weighted by Crippen LogP contribution is 2.27. The van der Waals surface area contributed by atoms with Crippen LogP contribution in [0.25, 0.3) is 16.3 Å². The predicted molar refractivity (Wildman–Crippen MR) is 57.0 cm³/mol. The van der Waals surface area contributed by atoms with Crippen molar-refractivity contribution in [3.8, 4) is 0 Å². The van der Waals surface area contributed by atoms with Crippen LogP contribution < -0.4 is 0 Å². The van der Waals surface area contributed by atoms with Gasteiger partial charge in [0.15, 0.2) is 0 Å². The lowest BCUT2D eigenvalue weighted by Crippen LogP contribution is -1.73. The first kappa shape index (κ1) is 7.83. The molecule has 0 saturated heterocycles. The van der Waals surface area contributed by atoms with Crippen LogP contribution in [0.1, 0.15) is 5.56 Å². The van der Waals surface area contributed by atoms with Gasteiger partial charge in [-0.05, 0) is 6.07 Å². The SMILES string of the molecule is C=Cc1cccc2sc(S)nc12. The number of thiol groups is 1. The van der Waals surface area contributed by atoms with Gasteiger partial charge in [-0.3, -0.25) is 0 Å². The Morgan fingerprint density at radius 1 is 1.50 bits per heavy atom. The van der Waals surface area contributed by atoms with E-state index in [1.165, 1.54) is 0 Å². The van der Waals surface area contributed by atoms with Gasteiger partial charge in [-0.15, -0.1) is 24.0 Å². The Hall–Kier alpha value is -0.800. The molecule has 60 valence electrons. The van der Waals surface area contributed by atoms with Crippen molar-refractivity contribution in [1.82, 2.24) is 4.98 Å². The number of fused-ring (bicyclic) bond motifs is 1. The normalized spacial score (nSPS) is 10.4. The highest BCUT2D eigenvalue weighted by Gasteiger charge is 2.02. The lowest BCUT2D eigenvalue weighted by molar-refractivity contribution is 1.31. The number of aromatic nitrogens is 1. The van der Waals surface area contributed by atoms with Crippen molar-refractivity contribution in [3.63, 3.8) is 0 Å². The predicted octanol–water partition coefficient (Wildman–Crippen LogP) is 3.23. The number of thiazole rings is 1. The molecule has 1 heterocycles. The molecule has 1 nitrogen and oxygen atoms in total. The van der Waals surface area contributed by atoms with E-state index < -0.39 is 0 Å². The summed E-state index contributed by atoms with van der Waals surface area (Å²) in [5, 5.41) is 0.